The van der Waals surface area contributed by atoms with Crippen LogP contribution in [0, 0.1) is 6.92 Å². The van der Waals surface area contributed by atoms with Crippen LogP contribution in [-0.2, 0) is 26.1 Å². The number of rotatable bonds is 11. The van der Waals surface area contributed by atoms with Gasteiger partial charge in [-0.25, -0.2) is 4.98 Å². The highest BCUT2D eigenvalue weighted by atomic mass is 79.9. The van der Waals surface area contributed by atoms with Crippen LogP contribution < -0.4 is 9.64 Å². The number of hydrogen-bond donors (Lipinski definition) is 0. The number of fused-ring (bicyclic) bond motifs is 1. The topological polar surface area (TPSA) is 95.8 Å². The second kappa shape index (κ2) is 13.5. The van der Waals surface area contributed by atoms with Gasteiger partial charge in [-0.2, -0.15) is 17.6 Å². The van der Waals surface area contributed by atoms with Gasteiger partial charge in [-0.15, -0.1) is 0 Å². The van der Waals surface area contributed by atoms with E-state index in [4.69, 9.17) is 14.2 Å². The van der Waals surface area contributed by atoms with Gasteiger partial charge in [0.15, 0.2) is 0 Å². The molecule has 228 valence electrons. The van der Waals surface area contributed by atoms with Gasteiger partial charge in [-0.3, -0.25) is 0 Å². The summed E-state index contributed by atoms with van der Waals surface area (Å²) in [6.45, 7) is 6.28. The Kier molecular flexibility index (Phi) is 9.27. The van der Waals surface area contributed by atoms with Crippen molar-refractivity contribution in [3.8, 4) is 17.0 Å². The van der Waals surface area contributed by atoms with Crippen LogP contribution in [-0.4, -0.2) is 62.1 Å². The first-order valence-corrected chi connectivity index (χ1v) is 16.7. The molecule has 2 aromatic heterocycles. The van der Waals surface area contributed by atoms with Crippen molar-refractivity contribution in [1.29, 1.82) is 0 Å². The number of ether oxygens (including phenoxy) is 3. The molecule has 0 atom stereocenters. The van der Waals surface area contributed by atoms with Gasteiger partial charge in [0.1, 0.15) is 21.6 Å². The lowest BCUT2D eigenvalue weighted by Crippen LogP contribution is -2.36. The molecule has 0 aliphatic carbocycles. The van der Waals surface area contributed by atoms with E-state index >= 15 is 0 Å². The van der Waals surface area contributed by atoms with Crippen LogP contribution in [0.4, 0.5) is 5.69 Å². The molecular formula is C33H33BrN4O5S. The lowest BCUT2D eigenvalue weighted by Gasteiger charge is -2.30. The molecule has 5 aromatic rings. The largest absolute Gasteiger partial charge is 0.491 e. The smallest absolute Gasteiger partial charge is 0.283 e. The molecule has 0 unspecified atom stereocenters. The lowest BCUT2D eigenvalue weighted by atomic mass is 10.1. The highest BCUT2D eigenvalue weighted by Crippen LogP contribution is 2.37. The van der Waals surface area contributed by atoms with E-state index in [1.54, 1.807) is 30.3 Å². The Morgan fingerprint density at radius 1 is 0.955 bits per heavy atom. The molecule has 0 N–H and O–H groups in total. The second-order valence-corrected chi connectivity index (χ2v) is 13.1. The third-order valence-corrected chi connectivity index (χ3v) is 9.47. The maximum atomic E-state index is 13.7. The van der Waals surface area contributed by atoms with E-state index in [9.17, 15) is 8.42 Å². The first-order chi connectivity index (χ1) is 21.4. The summed E-state index contributed by atoms with van der Waals surface area (Å²) in [6.07, 6.45) is 2.24. The zero-order chi connectivity index (χ0) is 30.5. The van der Waals surface area contributed by atoms with Gasteiger partial charge in [-0.1, -0.05) is 54.1 Å². The van der Waals surface area contributed by atoms with Crippen LogP contribution in [0.15, 0.2) is 94.6 Å². The van der Waals surface area contributed by atoms with E-state index in [2.05, 4.69) is 30.9 Å². The summed E-state index contributed by atoms with van der Waals surface area (Å²) in [7, 11) is -3.98. The fourth-order valence-electron chi connectivity index (χ4n) is 5.12. The molecule has 3 aromatic carbocycles. The summed E-state index contributed by atoms with van der Waals surface area (Å²) in [5.74, 6) is 0.699. The molecule has 1 aliphatic heterocycles. The van der Waals surface area contributed by atoms with Crippen molar-refractivity contribution in [2.24, 2.45) is 0 Å². The van der Waals surface area contributed by atoms with Gasteiger partial charge in [0, 0.05) is 30.5 Å². The predicted octanol–water partition coefficient (Wildman–Crippen LogP) is 6.23. The van der Waals surface area contributed by atoms with E-state index in [1.807, 2.05) is 55.5 Å². The van der Waals surface area contributed by atoms with Gasteiger partial charge in [0.05, 0.1) is 49.8 Å². The second-order valence-electron chi connectivity index (χ2n) is 10.6. The number of morpholine rings is 1. The zero-order valence-corrected chi connectivity index (χ0v) is 26.8. The Labute approximate surface area is 265 Å². The number of benzene rings is 3. The summed E-state index contributed by atoms with van der Waals surface area (Å²) in [4.78, 5) is 6.71. The maximum absolute atomic E-state index is 13.7. The highest BCUT2D eigenvalue weighted by Gasteiger charge is 2.25. The molecule has 44 heavy (non-hydrogen) atoms. The van der Waals surface area contributed by atoms with E-state index < -0.39 is 10.0 Å². The maximum Gasteiger partial charge on any atom is 0.283 e. The van der Waals surface area contributed by atoms with Crippen molar-refractivity contribution >= 4 is 42.5 Å². The molecule has 6 rings (SSSR count). The van der Waals surface area contributed by atoms with Crippen molar-refractivity contribution in [2.75, 3.05) is 44.4 Å². The fraction of sp³-hybridized carbons (Fsp3) is 0.273. The van der Waals surface area contributed by atoms with Gasteiger partial charge in [0.25, 0.3) is 10.0 Å². The van der Waals surface area contributed by atoms with Crippen molar-refractivity contribution < 1.29 is 22.6 Å². The summed E-state index contributed by atoms with van der Waals surface area (Å²) < 4.78 is 46.9. The van der Waals surface area contributed by atoms with Crippen molar-refractivity contribution in [3.05, 3.63) is 101 Å². The lowest BCUT2D eigenvalue weighted by molar-refractivity contribution is 0.107. The summed E-state index contributed by atoms with van der Waals surface area (Å²) in [5, 5.41) is 5.32. The average molecular weight is 678 g/mol. The van der Waals surface area contributed by atoms with Gasteiger partial charge in [0.2, 0.25) is 0 Å². The number of aryl methyl sites for hydroxylation is 1. The molecule has 9 nitrogen and oxygen atoms in total. The first kappa shape index (κ1) is 30.3. The number of pyridine rings is 1. The van der Waals surface area contributed by atoms with Crippen molar-refractivity contribution in [1.82, 2.24) is 14.2 Å². The molecule has 0 saturated carbocycles. The van der Waals surface area contributed by atoms with Crippen molar-refractivity contribution in [3.63, 3.8) is 0 Å². The Morgan fingerprint density at radius 2 is 1.73 bits per heavy atom. The molecular weight excluding hydrogens is 644 g/mol. The SMILES string of the molecule is Cc1ccc(S(=O)(=O)n2nc(-c3ccc(N4CCOCC4)c(OCCCOCc4ccccc4)c3)c3cc(Br)ncc32)cc1. The van der Waals surface area contributed by atoms with Crippen LogP contribution in [0.25, 0.3) is 22.2 Å². The summed E-state index contributed by atoms with van der Waals surface area (Å²) in [6, 6.07) is 24.5. The minimum atomic E-state index is -3.98. The quantitative estimate of drug-likeness (QED) is 0.120. The van der Waals surface area contributed by atoms with Crippen LogP contribution in [0.2, 0.25) is 0 Å². The number of anilines is 1. The summed E-state index contributed by atoms with van der Waals surface area (Å²) >= 11 is 3.45. The van der Waals surface area contributed by atoms with Gasteiger partial charge in [-0.05, 0) is 58.7 Å². The first-order valence-electron chi connectivity index (χ1n) is 14.5. The monoisotopic (exact) mass is 676 g/mol. The highest BCUT2D eigenvalue weighted by molar-refractivity contribution is 9.10. The molecule has 1 fully saturated rings. The third-order valence-electron chi connectivity index (χ3n) is 7.44. The van der Waals surface area contributed by atoms with Gasteiger partial charge < -0.3 is 19.1 Å². The molecule has 0 radical (unpaired) electrons. The number of aromatic nitrogens is 3. The molecule has 11 heteroatoms. The number of nitrogens with zero attached hydrogens (tertiary/aromatic N) is 4. The van der Waals surface area contributed by atoms with E-state index in [1.165, 1.54) is 6.20 Å². The van der Waals surface area contributed by atoms with E-state index in [-0.39, 0.29) is 4.90 Å². The third kappa shape index (κ3) is 6.66. The number of hydrogen-bond acceptors (Lipinski definition) is 8. The summed E-state index contributed by atoms with van der Waals surface area (Å²) in [5.41, 5.74) is 4.70. The fourth-order valence-corrected chi connectivity index (χ4v) is 6.72. The molecule has 1 aliphatic rings. The van der Waals surface area contributed by atoms with E-state index in [0.29, 0.717) is 66.4 Å². The van der Waals surface area contributed by atoms with Crippen molar-refractivity contribution in [2.45, 2.75) is 24.8 Å². The Bertz CT molecular complexity index is 1840. The molecule has 0 spiro atoms. The molecule has 1 saturated heterocycles. The molecule has 0 amide bonds. The van der Waals surface area contributed by atoms with Crippen LogP contribution in [0.5, 0.6) is 5.75 Å². The standard InChI is InChI=1S/C33H33BrN4O5S/c1-24-8-11-27(12-9-24)44(39,40)38-30-22-35-32(34)21-28(30)33(36-38)26-10-13-29(37-14-18-41-19-15-37)31(20-26)43-17-5-16-42-23-25-6-3-2-4-7-25/h2-4,6-13,20-22H,5,14-19,23H2,1H3. The van der Waals surface area contributed by atoms with Crippen LogP contribution >= 0.6 is 15.9 Å². The van der Waals surface area contributed by atoms with Crippen LogP contribution in [0.3, 0.4) is 0 Å². The Morgan fingerprint density at radius 3 is 2.50 bits per heavy atom. The minimum Gasteiger partial charge on any atom is -0.491 e. The van der Waals surface area contributed by atoms with Crippen LogP contribution in [0.1, 0.15) is 17.5 Å². The van der Waals surface area contributed by atoms with E-state index in [0.717, 1.165) is 39.6 Å². The minimum absolute atomic E-state index is 0.156. The molecule has 3 heterocycles. The normalized spacial score (nSPS) is 13.8. The number of halogens is 1. The predicted molar refractivity (Wildman–Crippen MR) is 174 cm³/mol. The Hall–Kier alpha value is -3.77. The Balaban J connectivity index is 1.30. The molecule has 0 bridgehead atoms. The average Bonchev–Trinajstić information content (AvgIpc) is 3.43. The zero-order valence-electron chi connectivity index (χ0n) is 24.4. The van der Waals surface area contributed by atoms with Gasteiger partial charge >= 0.3 is 0 Å².